The molecule has 0 amide bonds. The van der Waals surface area contributed by atoms with Crippen molar-refractivity contribution in [3.05, 3.63) is 12.2 Å². The molecule has 0 radical (unpaired) electrons. The standard InChI is InChI=1S/C15H26F3N7O2S.HI/c1-3-19-14(21-10-13-23-22-11-24(13)4-2)20-9-12-5-7-25(8-6-12)28(26,27)15(16,17)18;/h11-12H,3-10H2,1-2H3,(H2,19,20,21);1H. The first-order valence-electron chi connectivity index (χ1n) is 9.14. The van der Waals surface area contributed by atoms with Gasteiger partial charge in [0.15, 0.2) is 11.8 Å². The maximum Gasteiger partial charge on any atom is 0.511 e. The van der Waals surface area contributed by atoms with Gasteiger partial charge in [0.2, 0.25) is 0 Å². The molecule has 0 aromatic carbocycles. The molecule has 2 rings (SSSR count). The maximum absolute atomic E-state index is 12.6. The van der Waals surface area contributed by atoms with Crippen LogP contribution in [0.1, 0.15) is 32.5 Å². The third-order valence-corrected chi connectivity index (χ3v) is 6.15. The van der Waals surface area contributed by atoms with Gasteiger partial charge in [-0.05, 0) is 32.6 Å². The van der Waals surface area contributed by atoms with Crippen molar-refractivity contribution in [3.63, 3.8) is 0 Å². The van der Waals surface area contributed by atoms with Gasteiger partial charge in [-0.2, -0.15) is 17.5 Å². The summed E-state index contributed by atoms with van der Waals surface area (Å²) in [6.07, 6.45) is 2.34. The number of guanidine groups is 1. The van der Waals surface area contributed by atoms with Crippen molar-refractivity contribution in [1.29, 1.82) is 0 Å². The lowest BCUT2D eigenvalue weighted by Gasteiger charge is -2.31. The van der Waals surface area contributed by atoms with Gasteiger partial charge in [0.1, 0.15) is 12.9 Å². The molecule has 1 aliphatic rings. The highest BCUT2D eigenvalue weighted by Crippen LogP contribution is 2.30. The van der Waals surface area contributed by atoms with E-state index in [1.165, 1.54) is 0 Å². The number of hydrogen-bond donors (Lipinski definition) is 2. The van der Waals surface area contributed by atoms with E-state index in [4.69, 9.17) is 0 Å². The smallest absolute Gasteiger partial charge is 0.357 e. The number of alkyl halides is 3. The Balaban J connectivity index is 0.00000420. The molecule has 0 atom stereocenters. The second-order valence-corrected chi connectivity index (χ2v) is 8.33. The van der Waals surface area contributed by atoms with Gasteiger partial charge in [-0.15, -0.1) is 34.2 Å². The summed E-state index contributed by atoms with van der Waals surface area (Å²) in [6, 6.07) is 0. The lowest BCUT2D eigenvalue weighted by Crippen LogP contribution is -2.47. The highest BCUT2D eigenvalue weighted by atomic mass is 127. The number of aliphatic imine (C=N–C) groups is 1. The highest BCUT2D eigenvalue weighted by molar-refractivity contribution is 14.0. The summed E-state index contributed by atoms with van der Waals surface area (Å²) in [5, 5.41) is 14.1. The Hall–Kier alpha value is -1.16. The zero-order valence-corrected chi connectivity index (χ0v) is 19.5. The van der Waals surface area contributed by atoms with Gasteiger partial charge in [0.05, 0.1) is 0 Å². The van der Waals surface area contributed by atoms with Crippen LogP contribution in [0.4, 0.5) is 13.2 Å². The van der Waals surface area contributed by atoms with Crippen molar-refractivity contribution in [2.24, 2.45) is 10.9 Å². The number of nitrogens with one attached hydrogen (secondary N) is 2. The van der Waals surface area contributed by atoms with Crippen LogP contribution < -0.4 is 10.6 Å². The number of hydrogen-bond acceptors (Lipinski definition) is 5. The molecule has 0 spiro atoms. The molecule has 168 valence electrons. The Morgan fingerprint density at radius 1 is 1.28 bits per heavy atom. The summed E-state index contributed by atoms with van der Waals surface area (Å²) in [7, 11) is -5.24. The quantitative estimate of drug-likeness (QED) is 0.302. The average molecular weight is 553 g/mol. The molecule has 0 unspecified atom stereocenters. The predicted molar refractivity (Wildman–Crippen MR) is 113 cm³/mol. The van der Waals surface area contributed by atoms with E-state index in [0.29, 0.717) is 42.7 Å². The van der Waals surface area contributed by atoms with Crippen molar-refractivity contribution in [1.82, 2.24) is 29.7 Å². The number of aromatic nitrogens is 3. The van der Waals surface area contributed by atoms with Crippen molar-refractivity contribution < 1.29 is 21.6 Å². The van der Waals surface area contributed by atoms with Crippen molar-refractivity contribution >= 4 is 40.0 Å². The largest absolute Gasteiger partial charge is 0.511 e. The second kappa shape index (κ2) is 11.3. The van der Waals surface area contributed by atoms with E-state index in [-0.39, 0.29) is 43.0 Å². The number of rotatable bonds is 7. The lowest BCUT2D eigenvalue weighted by atomic mass is 9.98. The van der Waals surface area contributed by atoms with Gasteiger partial charge in [0, 0.05) is 32.7 Å². The zero-order chi connectivity index (χ0) is 20.8. The fraction of sp³-hybridized carbons (Fsp3) is 0.800. The van der Waals surface area contributed by atoms with Crippen LogP contribution in [0.15, 0.2) is 11.3 Å². The molecule has 1 fully saturated rings. The summed E-state index contributed by atoms with van der Waals surface area (Å²) >= 11 is 0. The number of aryl methyl sites for hydroxylation is 1. The lowest BCUT2D eigenvalue weighted by molar-refractivity contribution is -0.0496. The second-order valence-electron chi connectivity index (χ2n) is 6.40. The van der Waals surface area contributed by atoms with Crippen LogP contribution >= 0.6 is 24.0 Å². The molecule has 9 nitrogen and oxygen atoms in total. The third kappa shape index (κ3) is 6.94. The van der Waals surface area contributed by atoms with Crippen LogP contribution in [-0.4, -0.2) is 65.1 Å². The summed E-state index contributed by atoms with van der Waals surface area (Å²) in [4.78, 5) is 4.45. The van der Waals surface area contributed by atoms with E-state index < -0.39 is 15.5 Å². The summed E-state index contributed by atoms with van der Waals surface area (Å²) in [5.41, 5.74) is -5.25. The van der Waals surface area contributed by atoms with E-state index in [1.54, 1.807) is 6.33 Å². The Labute approximate surface area is 185 Å². The van der Waals surface area contributed by atoms with Gasteiger partial charge in [-0.3, -0.25) is 0 Å². The van der Waals surface area contributed by atoms with Crippen molar-refractivity contribution in [2.75, 3.05) is 26.2 Å². The molecular formula is C15H27F3IN7O2S. The minimum atomic E-state index is -5.25. The van der Waals surface area contributed by atoms with Crippen LogP contribution in [0.5, 0.6) is 0 Å². The molecule has 0 bridgehead atoms. The van der Waals surface area contributed by atoms with E-state index in [9.17, 15) is 21.6 Å². The predicted octanol–water partition coefficient (Wildman–Crippen LogP) is 1.53. The van der Waals surface area contributed by atoms with Gasteiger partial charge in [-0.25, -0.2) is 13.4 Å². The third-order valence-electron chi connectivity index (χ3n) is 4.52. The topological polar surface area (TPSA) is 105 Å². The Morgan fingerprint density at radius 3 is 2.48 bits per heavy atom. The van der Waals surface area contributed by atoms with Gasteiger partial charge in [-0.1, -0.05) is 0 Å². The first-order valence-corrected chi connectivity index (χ1v) is 10.6. The number of sulfonamides is 1. The molecular weight excluding hydrogens is 526 g/mol. The maximum atomic E-state index is 12.6. The van der Waals surface area contributed by atoms with Gasteiger partial charge < -0.3 is 15.2 Å². The van der Waals surface area contributed by atoms with Gasteiger partial charge in [0.25, 0.3) is 0 Å². The SMILES string of the molecule is CCNC(=NCc1nncn1CC)NCC1CCN(S(=O)(=O)C(F)(F)F)CC1.I. The molecule has 1 aromatic rings. The summed E-state index contributed by atoms with van der Waals surface area (Å²) < 4.78 is 63.2. The number of piperidine rings is 1. The molecule has 14 heteroatoms. The van der Waals surface area contributed by atoms with Crippen LogP contribution in [0.3, 0.4) is 0 Å². The molecule has 0 aliphatic carbocycles. The van der Waals surface area contributed by atoms with Crippen LogP contribution in [0, 0.1) is 5.92 Å². The van der Waals surface area contributed by atoms with Crippen molar-refractivity contribution in [2.45, 2.75) is 45.3 Å². The monoisotopic (exact) mass is 553 g/mol. The molecule has 1 saturated heterocycles. The van der Waals surface area contributed by atoms with Crippen LogP contribution in [0.25, 0.3) is 0 Å². The Bertz CT molecular complexity index is 762. The summed E-state index contributed by atoms with van der Waals surface area (Å²) in [5.74, 6) is 1.35. The van der Waals surface area contributed by atoms with E-state index in [0.717, 1.165) is 12.4 Å². The normalized spacial score (nSPS) is 17.1. The zero-order valence-electron chi connectivity index (χ0n) is 16.3. The van der Waals surface area contributed by atoms with E-state index in [2.05, 4.69) is 25.8 Å². The van der Waals surface area contributed by atoms with Crippen LogP contribution in [-0.2, 0) is 23.1 Å². The molecule has 1 aromatic heterocycles. The fourth-order valence-corrected chi connectivity index (χ4v) is 3.88. The molecule has 1 aliphatic heterocycles. The van der Waals surface area contributed by atoms with Crippen LogP contribution in [0.2, 0.25) is 0 Å². The molecule has 2 N–H and O–H groups in total. The molecule has 0 saturated carbocycles. The number of nitrogens with zero attached hydrogens (tertiary/aromatic N) is 5. The highest BCUT2D eigenvalue weighted by Gasteiger charge is 2.50. The summed E-state index contributed by atoms with van der Waals surface area (Å²) in [6.45, 7) is 5.84. The minimum Gasteiger partial charge on any atom is -0.357 e. The average Bonchev–Trinajstić information content (AvgIpc) is 3.11. The van der Waals surface area contributed by atoms with E-state index >= 15 is 0 Å². The first-order chi connectivity index (χ1) is 13.2. The van der Waals surface area contributed by atoms with Crippen molar-refractivity contribution in [3.8, 4) is 0 Å². The fourth-order valence-electron chi connectivity index (χ4n) is 2.90. The minimum absolute atomic E-state index is 0. The van der Waals surface area contributed by atoms with E-state index in [1.807, 2.05) is 18.4 Å². The Kier molecular flexibility index (Phi) is 10.1. The number of halogens is 4. The molecule has 29 heavy (non-hydrogen) atoms. The Morgan fingerprint density at radius 2 is 1.93 bits per heavy atom. The van der Waals surface area contributed by atoms with Gasteiger partial charge >= 0.3 is 15.5 Å². The first kappa shape index (κ1) is 25.9. The molecule has 2 heterocycles.